The van der Waals surface area contributed by atoms with Crippen molar-refractivity contribution in [1.29, 1.82) is 0 Å². The molecule has 1 aliphatic rings. The highest BCUT2D eigenvalue weighted by Gasteiger charge is 2.18. The Hall–Kier alpha value is -3.03. The lowest BCUT2D eigenvalue weighted by Crippen LogP contribution is -2.34. The van der Waals surface area contributed by atoms with Gasteiger partial charge in [0.1, 0.15) is 17.8 Å². The first-order chi connectivity index (χ1) is 11.7. The van der Waals surface area contributed by atoms with E-state index < -0.39 is 0 Å². The summed E-state index contributed by atoms with van der Waals surface area (Å²) in [5, 5.41) is 0. The average Bonchev–Trinajstić information content (AvgIpc) is 3.14. The van der Waals surface area contributed by atoms with Crippen LogP contribution in [0.3, 0.4) is 0 Å². The molecule has 0 saturated carbocycles. The van der Waals surface area contributed by atoms with Crippen LogP contribution < -0.4 is 26.2 Å². The molecule has 2 heterocycles. The van der Waals surface area contributed by atoms with Crippen molar-refractivity contribution in [1.82, 2.24) is 15.4 Å². The zero-order chi connectivity index (χ0) is 16.8. The van der Waals surface area contributed by atoms with E-state index in [0.717, 1.165) is 25.9 Å². The van der Waals surface area contributed by atoms with E-state index in [9.17, 15) is 4.79 Å². The van der Waals surface area contributed by atoms with Gasteiger partial charge in [0.05, 0.1) is 0 Å². The molecule has 1 saturated heterocycles. The molecule has 126 valence electrons. The molecule has 0 bridgehead atoms. The van der Waals surface area contributed by atoms with Gasteiger partial charge < -0.3 is 15.4 Å². The van der Waals surface area contributed by atoms with Gasteiger partial charge in [-0.25, -0.2) is 9.97 Å². The van der Waals surface area contributed by atoms with Crippen molar-refractivity contribution in [2.75, 3.05) is 35.8 Å². The van der Waals surface area contributed by atoms with Gasteiger partial charge in [0.15, 0.2) is 18.2 Å². The zero-order valence-electron chi connectivity index (χ0n) is 13.2. The van der Waals surface area contributed by atoms with Gasteiger partial charge in [-0.2, -0.15) is 0 Å². The Balaban J connectivity index is 1.54. The van der Waals surface area contributed by atoms with E-state index in [1.54, 1.807) is 12.1 Å². The molecule has 1 aromatic heterocycles. The first kappa shape index (κ1) is 15.9. The number of aromatic nitrogens is 2. The number of nitrogens with one attached hydrogen (secondary N) is 2. The lowest BCUT2D eigenvalue weighted by Gasteiger charge is -2.19. The molecule has 0 unspecified atom stereocenters. The summed E-state index contributed by atoms with van der Waals surface area (Å²) in [6, 6.07) is 9.13. The van der Waals surface area contributed by atoms with Crippen LogP contribution in [0.5, 0.6) is 5.75 Å². The average molecular weight is 328 g/mol. The van der Waals surface area contributed by atoms with Gasteiger partial charge in [0.25, 0.3) is 5.91 Å². The number of carbonyl (C=O) groups is 1. The number of nitrogens with two attached hydrogens (primary N) is 1. The normalized spacial score (nSPS) is 13.6. The number of nitrogen functional groups attached to an aromatic ring is 1. The van der Waals surface area contributed by atoms with Crippen LogP contribution in [0.25, 0.3) is 0 Å². The molecule has 0 radical (unpaired) electrons. The number of carbonyl (C=O) groups excluding carboxylic acids is 1. The van der Waals surface area contributed by atoms with E-state index in [0.29, 0.717) is 23.1 Å². The summed E-state index contributed by atoms with van der Waals surface area (Å²) in [5.74, 6) is 1.37. The maximum Gasteiger partial charge on any atom is 0.276 e. The van der Waals surface area contributed by atoms with Gasteiger partial charge >= 0.3 is 0 Å². The van der Waals surface area contributed by atoms with Crippen LogP contribution in [0.1, 0.15) is 12.8 Å². The molecule has 4 N–H and O–H groups in total. The van der Waals surface area contributed by atoms with Crippen molar-refractivity contribution in [2.24, 2.45) is 0 Å². The van der Waals surface area contributed by atoms with Crippen LogP contribution in [-0.2, 0) is 4.79 Å². The van der Waals surface area contributed by atoms with Crippen LogP contribution in [0, 0.1) is 0 Å². The Morgan fingerprint density at radius 2 is 1.96 bits per heavy atom. The van der Waals surface area contributed by atoms with E-state index in [1.165, 1.54) is 6.33 Å². The zero-order valence-corrected chi connectivity index (χ0v) is 13.2. The van der Waals surface area contributed by atoms with E-state index >= 15 is 0 Å². The summed E-state index contributed by atoms with van der Waals surface area (Å²) in [4.78, 5) is 22.3. The Morgan fingerprint density at radius 1 is 1.21 bits per heavy atom. The molecule has 1 amide bonds. The molecule has 1 aliphatic heterocycles. The van der Waals surface area contributed by atoms with Crippen LogP contribution >= 0.6 is 0 Å². The first-order valence-corrected chi connectivity index (χ1v) is 7.82. The molecule has 1 aromatic carbocycles. The number of rotatable bonds is 6. The Morgan fingerprint density at radius 3 is 2.71 bits per heavy atom. The third kappa shape index (κ3) is 3.83. The highest BCUT2D eigenvalue weighted by Crippen LogP contribution is 2.28. The minimum absolute atomic E-state index is 0.110. The quantitative estimate of drug-likeness (QED) is 0.684. The standard InChI is InChI=1S/C16H20N6O2/c17-14-15(18-11-19-16(14)22-8-4-5-9-22)21-20-13(23)10-24-12-6-2-1-3-7-12/h1-3,6-7,11H,4-5,8-10,17H2,(H,20,23)(H,18,19,21). The highest BCUT2D eigenvalue weighted by atomic mass is 16.5. The predicted molar refractivity (Wildman–Crippen MR) is 91.6 cm³/mol. The number of hydrazine groups is 1. The number of para-hydroxylation sites is 1. The molecule has 8 heteroatoms. The van der Waals surface area contributed by atoms with E-state index in [2.05, 4.69) is 25.7 Å². The van der Waals surface area contributed by atoms with Crippen molar-refractivity contribution >= 4 is 23.2 Å². The molecule has 0 aliphatic carbocycles. The van der Waals surface area contributed by atoms with E-state index in [4.69, 9.17) is 10.5 Å². The fraction of sp³-hybridized carbons (Fsp3) is 0.312. The van der Waals surface area contributed by atoms with Gasteiger partial charge in [-0.1, -0.05) is 18.2 Å². The number of nitrogens with zero attached hydrogens (tertiary/aromatic N) is 3. The molecule has 0 atom stereocenters. The summed E-state index contributed by atoms with van der Waals surface area (Å²) in [5.41, 5.74) is 11.8. The van der Waals surface area contributed by atoms with E-state index in [1.807, 2.05) is 18.2 Å². The van der Waals surface area contributed by atoms with Crippen molar-refractivity contribution < 1.29 is 9.53 Å². The lowest BCUT2D eigenvalue weighted by atomic mass is 10.3. The van der Waals surface area contributed by atoms with Gasteiger partial charge in [-0.05, 0) is 25.0 Å². The maximum atomic E-state index is 11.8. The molecule has 8 nitrogen and oxygen atoms in total. The Kier molecular flexibility index (Phi) is 4.95. The maximum absolute atomic E-state index is 11.8. The molecular weight excluding hydrogens is 308 g/mol. The lowest BCUT2D eigenvalue weighted by molar-refractivity contribution is -0.122. The monoisotopic (exact) mass is 328 g/mol. The summed E-state index contributed by atoms with van der Waals surface area (Å²) < 4.78 is 5.37. The smallest absolute Gasteiger partial charge is 0.276 e. The van der Waals surface area contributed by atoms with Gasteiger partial charge in [-0.3, -0.25) is 15.6 Å². The second-order valence-electron chi connectivity index (χ2n) is 5.43. The summed E-state index contributed by atoms with van der Waals surface area (Å²) >= 11 is 0. The molecule has 1 fully saturated rings. The van der Waals surface area contributed by atoms with Crippen LogP contribution in [0.4, 0.5) is 17.3 Å². The van der Waals surface area contributed by atoms with E-state index in [-0.39, 0.29) is 12.5 Å². The predicted octanol–water partition coefficient (Wildman–Crippen LogP) is 1.18. The molecule has 3 rings (SSSR count). The first-order valence-electron chi connectivity index (χ1n) is 7.82. The van der Waals surface area contributed by atoms with Crippen molar-refractivity contribution in [3.8, 4) is 5.75 Å². The highest BCUT2D eigenvalue weighted by molar-refractivity contribution is 5.81. The molecule has 24 heavy (non-hydrogen) atoms. The molecular formula is C16H20N6O2. The second-order valence-corrected chi connectivity index (χ2v) is 5.43. The van der Waals surface area contributed by atoms with Crippen LogP contribution in [-0.4, -0.2) is 35.6 Å². The number of ether oxygens (including phenoxy) is 1. The Labute approximate surface area is 140 Å². The number of benzene rings is 1. The minimum Gasteiger partial charge on any atom is -0.484 e. The topological polar surface area (TPSA) is 105 Å². The Bertz CT molecular complexity index is 688. The third-order valence-electron chi connectivity index (χ3n) is 3.70. The fourth-order valence-corrected chi connectivity index (χ4v) is 2.50. The molecule has 0 spiro atoms. The van der Waals surface area contributed by atoms with Crippen molar-refractivity contribution in [3.63, 3.8) is 0 Å². The fourth-order valence-electron chi connectivity index (χ4n) is 2.50. The van der Waals surface area contributed by atoms with Crippen LogP contribution in [0.15, 0.2) is 36.7 Å². The van der Waals surface area contributed by atoms with Crippen molar-refractivity contribution in [2.45, 2.75) is 12.8 Å². The summed E-state index contributed by atoms with van der Waals surface area (Å²) in [6.07, 6.45) is 3.68. The summed E-state index contributed by atoms with van der Waals surface area (Å²) in [7, 11) is 0. The number of hydrogen-bond acceptors (Lipinski definition) is 7. The SMILES string of the molecule is Nc1c(NNC(=O)COc2ccccc2)ncnc1N1CCCC1. The third-order valence-corrected chi connectivity index (χ3v) is 3.70. The molecule has 2 aromatic rings. The second kappa shape index (κ2) is 7.49. The van der Waals surface area contributed by atoms with Gasteiger partial charge in [0.2, 0.25) is 0 Å². The largest absolute Gasteiger partial charge is 0.484 e. The number of hydrogen-bond donors (Lipinski definition) is 3. The van der Waals surface area contributed by atoms with Crippen molar-refractivity contribution in [3.05, 3.63) is 36.7 Å². The van der Waals surface area contributed by atoms with Gasteiger partial charge in [-0.15, -0.1) is 0 Å². The van der Waals surface area contributed by atoms with Crippen LogP contribution in [0.2, 0.25) is 0 Å². The van der Waals surface area contributed by atoms with Gasteiger partial charge in [0, 0.05) is 13.1 Å². The number of anilines is 3. The number of amides is 1. The summed E-state index contributed by atoms with van der Waals surface area (Å²) in [6.45, 7) is 1.75. The minimum atomic E-state index is -0.334.